The highest BCUT2D eigenvalue weighted by molar-refractivity contribution is 7.99. The summed E-state index contributed by atoms with van der Waals surface area (Å²) in [6, 6.07) is 21.3. The molecule has 9 heteroatoms. The SMILES string of the molecule is O=C(CSc1nc2ccccc2c(=O)n1CCc1ccccn1)NNC(=O)c1ccccc1. The minimum atomic E-state index is -0.414. The van der Waals surface area contributed by atoms with E-state index in [2.05, 4.69) is 20.8 Å². The molecule has 0 atom stereocenters. The number of benzene rings is 2. The molecule has 33 heavy (non-hydrogen) atoms. The van der Waals surface area contributed by atoms with E-state index in [0.717, 1.165) is 17.5 Å². The Labute approximate surface area is 194 Å². The van der Waals surface area contributed by atoms with Gasteiger partial charge in [-0.2, -0.15) is 0 Å². The van der Waals surface area contributed by atoms with Crippen molar-refractivity contribution in [3.63, 3.8) is 0 Å². The van der Waals surface area contributed by atoms with E-state index in [9.17, 15) is 14.4 Å². The van der Waals surface area contributed by atoms with E-state index in [0.29, 0.717) is 34.6 Å². The average Bonchev–Trinajstić information content (AvgIpc) is 2.86. The van der Waals surface area contributed by atoms with Crippen LogP contribution in [0.2, 0.25) is 0 Å². The van der Waals surface area contributed by atoms with Crippen LogP contribution in [0.5, 0.6) is 0 Å². The van der Waals surface area contributed by atoms with E-state index < -0.39 is 11.8 Å². The molecule has 2 amide bonds. The summed E-state index contributed by atoms with van der Waals surface area (Å²) in [4.78, 5) is 46.4. The summed E-state index contributed by atoms with van der Waals surface area (Å²) in [5.74, 6) is -0.850. The molecule has 2 N–H and O–H groups in total. The lowest BCUT2D eigenvalue weighted by Gasteiger charge is -2.13. The standard InChI is InChI=1S/C24H21N5O3S/c30-21(27-28-22(31)17-8-2-1-3-9-17)16-33-24-26-20-12-5-4-11-19(20)23(32)29(24)15-13-18-10-6-7-14-25-18/h1-12,14H,13,15-16H2,(H,27,30)(H,28,31). The van der Waals surface area contributed by atoms with Crippen LogP contribution in [0.15, 0.2) is 88.9 Å². The normalized spacial score (nSPS) is 10.7. The first-order valence-electron chi connectivity index (χ1n) is 10.3. The van der Waals surface area contributed by atoms with Crippen LogP contribution in [-0.2, 0) is 17.8 Å². The number of amides is 2. The molecule has 0 unspecified atom stereocenters. The fourth-order valence-corrected chi connectivity index (χ4v) is 4.01. The molecular formula is C24H21N5O3S. The highest BCUT2D eigenvalue weighted by atomic mass is 32.2. The van der Waals surface area contributed by atoms with E-state index >= 15 is 0 Å². The number of aryl methyl sites for hydroxylation is 1. The number of hydrazine groups is 1. The maximum absolute atomic E-state index is 13.1. The van der Waals surface area contributed by atoms with E-state index in [1.807, 2.05) is 24.3 Å². The smallest absolute Gasteiger partial charge is 0.269 e. The first-order chi connectivity index (χ1) is 16.1. The summed E-state index contributed by atoms with van der Waals surface area (Å²) in [5.41, 5.74) is 6.47. The lowest BCUT2D eigenvalue weighted by molar-refractivity contribution is -0.119. The maximum Gasteiger partial charge on any atom is 0.269 e. The molecule has 2 heterocycles. The minimum absolute atomic E-state index is 0.0244. The molecule has 0 aliphatic carbocycles. The Morgan fingerprint density at radius 3 is 2.45 bits per heavy atom. The van der Waals surface area contributed by atoms with Crippen LogP contribution in [0, 0.1) is 0 Å². The van der Waals surface area contributed by atoms with E-state index in [-0.39, 0.29) is 11.3 Å². The van der Waals surface area contributed by atoms with Crippen molar-refractivity contribution in [3.8, 4) is 0 Å². The molecule has 8 nitrogen and oxygen atoms in total. The summed E-state index contributed by atoms with van der Waals surface area (Å²) in [7, 11) is 0. The number of nitrogens with zero attached hydrogens (tertiary/aromatic N) is 3. The number of nitrogens with one attached hydrogen (secondary N) is 2. The van der Waals surface area contributed by atoms with Crippen LogP contribution in [-0.4, -0.2) is 32.1 Å². The van der Waals surface area contributed by atoms with Crippen LogP contribution >= 0.6 is 11.8 Å². The van der Waals surface area contributed by atoms with Gasteiger partial charge in [-0.3, -0.25) is 34.8 Å². The van der Waals surface area contributed by atoms with Crippen molar-refractivity contribution < 1.29 is 9.59 Å². The lowest BCUT2D eigenvalue weighted by Crippen LogP contribution is -2.42. The first-order valence-corrected chi connectivity index (χ1v) is 11.3. The fraction of sp³-hybridized carbons (Fsp3) is 0.125. The third kappa shape index (κ3) is 5.64. The number of carbonyl (C=O) groups excluding carboxylic acids is 2. The second kappa shape index (κ2) is 10.6. The molecule has 0 saturated carbocycles. The Morgan fingerprint density at radius 2 is 1.67 bits per heavy atom. The fourth-order valence-electron chi connectivity index (χ4n) is 3.18. The van der Waals surface area contributed by atoms with Crippen LogP contribution in [0.25, 0.3) is 10.9 Å². The van der Waals surface area contributed by atoms with Crippen LogP contribution in [0.4, 0.5) is 0 Å². The topological polar surface area (TPSA) is 106 Å². The van der Waals surface area contributed by atoms with Crippen molar-refractivity contribution >= 4 is 34.5 Å². The first kappa shape index (κ1) is 22.2. The number of hydrogen-bond acceptors (Lipinski definition) is 6. The van der Waals surface area contributed by atoms with E-state index in [1.165, 1.54) is 0 Å². The largest absolute Gasteiger partial charge is 0.287 e. The van der Waals surface area contributed by atoms with Crippen molar-refractivity contribution in [2.75, 3.05) is 5.75 Å². The Hall–Kier alpha value is -3.98. The summed E-state index contributed by atoms with van der Waals surface area (Å²) in [6.45, 7) is 0.377. The Morgan fingerprint density at radius 1 is 0.909 bits per heavy atom. The molecule has 0 aliphatic heterocycles. The number of fused-ring (bicyclic) bond motifs is 1. The predicted molar refractivity (Wildman–Crippen MR) is 127 cm³/mol. The van der Waals surface area contributed by atoms with Crippen LogP contribution < -0.4 is 16.4 Å². The number of rotatable bonds is 7. The predicted octanol–water partition coefficient (Wildman–Crippen LogP) is 2.59. The van der Waals surface area contributed by atoms with Gasteiger partial charge in [0.1, 0.15) is 0 Å². The van der Waals surface area contributed by atoms with Crippen molar-refractivity contribution in [3.05, 3.63) is 101 Å². The highest BCUT2D eigenvalue weighted by Gasteiger charge is 2.14. The summed E-state index contributed by atoms with van der Waals surface area (Å²) in [6.07, 6.45) is 2.26. The summed E-state index contributed by atoms with van der Waals surface area (Å²) >= 11 is 1.13. The van der Waals surface area contributed by atoms with Gasteiger partial charge in [-0.25, -0.2) is 4.98 Å². The quantitative estimate of drug-likeness (QED) is 0.250. The minimum Gasteiger partial charge on any atom is -0.287 e. The molecule has 2 aromatic heterocycles. The van der Waals surface area contributed by atoms with Gasteiger partial charge >= 0.3 is 0 Å². The molecule has 0 radical (unpaired) electrons. The van der Waals surface area contributed by atoms with Crippen molar-refractivity contribution in [2.24, 2.45) is 0 Å². The van der Waals surface area contributed by atoms with Crippen LogP contribution in [0.1, 0.15) is 16.1 Å². The second-order valence-electron chi connectivity index (χ2n) is 7.10. The third-order valence-corrected chi connectivity index (χ3v) is 5.80. The van der Waals surface area contributed by atoms with Crippen molar-refractivity contribution in [1.29, 1.82) is 0 Å². The number of hydrogen-bond donors (Lipinski definition) is 2. The number of pyridine rings is 1. The molecule has 2 aromatic carbocycles. The molecule has 4 rings (SSSR count). The van der Waals surface area contributed by atoms with Gasteiger partial charge in [-0.05, 0) is 36.4 Å². The molecule has 0 spiro atoms. The van der Waals surface area contributed by atoms with Crippen molar-refractivity contribution in [1.82, 2.24) is 25.4 Å². The molecule has 4 aromatic rings. The Bertz CT molecular complexity index is 1330. The second-order valence-corrected chi connectivity index (χ2v) is 8.04. The van der Waals surface area contributed by atoms with Gasteiger partial charge in [0.2, 0.25) is 5.91 Å². The monoisotopic (exact) mass is 459 g/mol. The number of thioether (sulfide) groups is 1. The van der Waals surface area contributed by atoms with Crippen LogP contribution in [0.3, 0.4) is 0 Å². The van der Waals surface area contributed by atoms with E-state index in [4.69, 9.17) is 0 Å². The molecule has 0 bridgehead atoms. The summed E-state index contributed by atoms with van der Waals surface area (Å²) in [5, 5.41) is 0.946. The Kier molecular flexibility index (Phi) is 7.11. The number of aromatic nitrogens is 3. The van der Waals surface area contributed by atoms with Gasteiger partial charge in [-0.1, -0.05) is 48.2 Å². The van der Waals surface area contributed by atoms with Crippen molar-refractivity contribution in [2.45, 2.75) is 18.1 Å². The maximum atomic E-state index is 13.1. The Balaban J connectivity index is 1.47. The van der Waals surface area contributed by atoms with Gasteiger partial charge in [0, 0.05) is 30.4 Å². The number of para-hydroxylation sites is 1. The molecular weight excluding hydrogens is 438 g/mol. The zero-order valence-corrected chi connectivity index (χ0v) is 18.4. The molecule has 166 valence electrons. The third-order valence-electron chi connectivity index (χ3n) is 4.83. The zero-order chi connectivity index (χ0) is 23.0. The average molecular weight is 460 g/mol. The van der Waals surface area contributed by atoms with E-state index in [1.54, 1.807) is 59.3 Å². The highest BCUT2D eigenvalue weighted by Crippen LogP contribution is 2.18. The molecule has 0 aliphatic rings. The number of carbonyl (C=O) groups is 2. The van der Waals surface area contributed by atoms with Gasteiger partial charge in [0.05, 0.1) is 16.7 Å². The molecule has 0 saturated heterocycles. The van der Waals surface area contributed by atoms with Gasteiger partial charge < -0.3 is 0 Å². The van der Waals surface area contributed by atoms with Gasteiger partial charge in [0.15, 0.2) is 5.16 Å². The lowest BCUT2D eigenvalue weighted by atomic mass is 10.2. The zero-order valence-electron chi connectivity index (χ0n) is 17.6. The molecule has 0 fully saturated rings. The van der Waals surface area contributed by atoms with Gasteiger partial charge in [0.25, 0.3) is 11.5 Å². The van der Waals surface area contributed by atoms with Gasteiger partial charge in [-0.15, -0.1) is 0 Å². The summed E-state index contributed by atoms with van der Waals surface area (Å²) < 4.78 is 1.57.